The number of likely N-dealkylation sites (tertiary alicyclic amines) is 1. The van der Waals surface area contributed by atoms with Crippen molar-refractivity contribution < 1.29 is 29.1 Å². The van der Waals surface area contributed by atoms with Gasteiger partial charge in [-0.1, -0.05) is 20.3 Å². The van der Waals surface area contributed by atoms with Crippen LogP contribution in [0.5, 0.6) is 0 Å². The Morgan fingerprint density at radius 1 is 1.17 bits per heavy atom. The molecule has 1 aliphatic rings. The van der Waals surface area contributed by atoms with E-state index >= 15 is 0 Å². The first-order chi connectivity index (χ1) is 14.0. The van der Waals surface area contributed by atoms with Gasteiger partial charge in [-0.15, -0.1) is 0 Å². The molecule has 1 rings (SSSR count). The molecule has 0 radical (unpaired) electrons. The van der Waals surface area contributed by atoms with Crippen LogP contribution in [0.4, 0.5) is 0 Å². The van der Waals surface area contributed by atoms with Gasteiger partial charge in [-0.3, -0.25) is 24.0 Å². The molecule has 1 fully saturated rings. The van der Waals surface area contributed by atoms with Crippen LogP contribution in [-0.4, -0.2) is 70.3 Å². The largest absolute Gasteiger partial charge is 0.480 e. The molecule has 7 N–H and O–H groups in total. The summed E-state index contributed by atoms with van der Waals surface area (Å²) in [6.07, 6.45) is 1.44. The summed E-state index contributed by atoms with van der Waals surface area (Å²) in [7, 11) is 0. The van der Waals surface area contributed by atoms with Crippen LogP contribution < -0.4 is 22.1 Å². The number of hydrogen-bond donors (Lipinski definition) is 5. The van der Waals surface area contributed by atoms with Gasteiger partial charge >= 0.3 is 5.97 Å². The van der Waals surface area contributed by atoms with E-state index in [4.69, 9.17) is 16.6 Å². The summed E-state index contributed by atoms with van der Waals surface area (Å²) in [5.41, 5.74) is 11.1. The summed E-state index contributed by atoms with van der Waals surface area (Å²) in [5, 5.41) is 13.9. The van der Waals surface area contributed by atoms with Crippen molar-refractivity contribution in [1.82, 2.24) is 15.5 Å². The number of nitrogens with zero attached hydrogens (tertiary/aromatic N) is 1. The molecule has 11 heteroatoms. The molecule has 4 amide bonds. The SMILES string of the molecule is CCC(C)C(N)C(=O)NC(CCC(N)=O)C(=O)N1CCCC1C(=O)NC(C)C(=O)O. The average Bonchev–Trinajstić information content (AvgIpc) is 3.18. The number of primary amides is 1. The fraction of sp³-hybridized carbons (Fsp3) is 0.737. The standard InChI is InChI=1S/C19H33N5O6/c1-4-10(2)15(21)17(27)23-12(7-8-14(20)25)18(28)24-9-5-6-13(24)16(26)22-11(3)19(29)30/h10-13,15H,4-9,21H2,1-3H3,(H2,20,25)(H,22,26)(H,23,27)(H,29,30). The molecule has 0 aliphatic carbocycles. The molecule has 0 spiro atoms. The van der Waals surface area contributed by atoms with Crippen LogP contribution in [-0.2, 0) is 24.0 Å². The third-order valence-corrected chi connectivity index (χ3v) is 5.42. The summed E-state index contributed by atoms with van der Waals surface area (Å²) in [6, 6.07) is -3.84. The number of aliphatic carboxylic acids is 1. The topological polar surface area (TPSA) is 185 Å². The lowest BCUT2D eigenvalue weighted by atomic mass is 9.98. The molecule has 11 nitrogen and oxygen atoms in total. The van der Waals surface area contributed by atoms with Gasteiger partial charge in [0.25, 0.3) is 0 Å². The first-order valence-corrected chi connectivity index (χ1v) is 10.2. The van der Waals surface area contributed by atoms with Crippen LogP contribution in [0.3, 0.4) is 0 Å². The number of amides is 4. The van der Waals surface area contributed by atoms with Gasteiger partial charge in [-0.2, -0.15) is 0 Å². The molecule has 0 saturated carbocycles. The minimum atomic E-state index is -1.19. The van der Waals surface area contributed by atoms with E-state index in [1.54, 1.807) is 0 Å². The first-order valence-electron chi connectivity index (χ1n) is 10.2. The second-order valence-electron chi connectivity index (χ2n) is 7.74. The van der Waals surface area contributed by atoms with Crippen molar-refractivity contribution in [2.24, 2.45) is 17.4 Å². The molecule has 5 unspecified atom stereocenters. The summed E-state index contributed by atoms with van der Waals surface area (Å²) in [5.74, 6) is -3.55. The molecule has 170 valence electrons. The zero-order valence-electron chi connectivity index (χ0n) is 17.7. The van der Waals surface area contributed by atoms with Crippen molar-refractivity contribution in [3.63, 3.8) is 0 Å². The molecular formula is C19H33N5O6. The van der Waals surface area contributed by atoms with E-state index in [9.17, 15) is 24.0 Å². The van der Waals surface area contributed by atoms with Crippen molar-refractivity contribution in [3.05, 3.63) is 0 Å². The van der Waals surface area contributed by atoms with Crippen molar-refractivity contribution in [3.8, 4) is 0 Å². The minimum Gasteiger partial charge on any atom is -0.480 e. The molecule has 5 atom stereocenters. The molecule has 0 aromatic carbocycles. The normalized spacial score (nSPS) is 20.0. The van der Waals surface area contributed by atoms with Crippen LogP contribution in [0.25, 0.3) is 0 Å². The maximum atomic E-state index is 13.1. The van der Waals surface area contributed by atoms with Gasteiger partial charge < -0.3 is 32.1 Å². The predicted molar refractivity (Wildman–Crippen MR) is 108 cm³/mol. The highest BCUT2D eigenvalue weighted by Gasteiger charge is 2.38. The van der Waals surface area contributed by atoms with Crippen LogP contribution in [0.2, 0.25) is 0 Å². The van der Waals surface area contributed by atoms with E-state index in [1.807, 2.05) is 13.8 Å². The number of carbonyl (C=O) groups is 5. The second kappa shape index (κ2) is 11.5. The Hall–Kier alpha value is -2.69. The van der Waals surface area contributed by atoms with Crippen LogP contribution in [0.15, 0.2) is 0 Å². The monoisotopic (exact) mass is 427 g/mol. The Balaban J connectivity index is 2.95. The number of nitrogens with one attached hydrogen (secondary N) is 2. The fourth-order valence-corrected chi connectivity index (χ4v) is 3.20. The van der Waals surface area contributed by atoms with Gasteiger partial charge in [0.1, 0.15) is 18.1 Å². The quantitative estimate of drug-likeness (QED) is 0.271. The lowest BCUT2D eigenvalue weighted by Crippen LogP contribution is -2.57. The van der Waals surface area contributed by atoms with E-state index in [1.165, 1.54) is 11.8 Å². The third-order valence-electron chi connectivity index (χ3n) is 5.42. The molecule has 30 heavy (non-hydrogen) atoms. The molecule has 1 saturated heterocycles. The third kappa shape index (κ3) is 6.97. The minimum absolute atomic E-state index is 0.0243. The van der Waals surface area contributed by atoms with Crippen molar-refractivity contribution in [1.29, 1.82) is 0 Å². The van der Waals surface area contributed by atoms with E-state index in [2.05, 4.69) is 10.6 Å². The Morgan fingerprint density at radius 2 is 1.80 bits per heavy atom. The number of carboxylic acid groups (broad SMARTS) is 1. The zero-order valence-corrected chi connectivity index (χ0v) is 17.7. The van der Waals surface area contributed by atoms with Crippen LogP contribution in [0, 0.1) is 5.92 Å². The predicted octanol–water partition coefficient (Wildman–Crippen LogP) is -1.31. The Kier molecular flexibility index (Phi) is 9.70. The molecule has 1 aliphatic heterocycles. The van der Waals surface area contributed by atoms with E-state index in [-0.39, 0.29) is 25.3 Å². The lowest BCUT2D eigenvalue weighted by Gasteiger charge is -2.30. The van der Waals surface area contributed by atoms with Gasteiger partial charge in [-0.25, -0.2) is 0 Å². The maximum Gasteiger partial charge on any atom is 0.325 e. The first kappa shape index (κ1) is 25.3. The molecule has 0 aromatic heterocycles. The Labute approximate surface area is 175 Å². The highest BCUT2D eigenvalue weighted by Crippen LogP contribution is 2.20. The van der Waals surface area contributed by atoms with Crippen molar-refractivity contribution in [2.45, 2.75) is 77.0 Å². The summed E-state index contributed by atoms with van der Waals surface area (Å²) in [6.45, 7) is 5.31. The number of carboxylic acids is 1. The molecule has 0 aromatic rings. The van der Waals surface area contributed by atoms with Gasteiger partial charge in [-0.05, 0) is 32.1 Å². The highest BCUT2D eigenvalue weighted by molar-refractivity contribution is 5.94. The number of carbonyl (C=O) groups excluding carboxylic acids is 4. The number of nitrogens with two attached hydrogens (primary N) is 2. The van der Waals surface area contributed by atoms with Crippen LogP contribution in [0.1, 0.15) is 52.9 Å². The van der Waals surface area contributed by atoms with Gasteiger partial charge in [0.2, 0.25) is 23.6 Å². The smallest absolute Gasteiger partial charge is 0.325 e. The Morgan fingerprint density at radius 3 is 2.33 bits per heavy atom. The molecular weight excluding hydrogens is 394 g/mol. The zero-order chi connectivity index (χ0) is 23.0. The maximum absolute atomic E-state index is 13.1. The lowest BCUT2D eigenvalue weighted by molar-refractivity contribution is -0.144. The summed E-state index contributed by atoms with van der Waals surface area (Å²) < 4.78 is 0. The van der Waals surface area contributed by atoms with Gasteiger partial charge in [0.15, 0.2) is 0 Å². The van der Waals surface area contributed by atoms with E-state index in [0.717, 1.165) is 0 Å². The summed E-state index contributed by atoms with van der Waals surface area (Å²) in [4.78, 5) is 61.6. The van der Waals surface area contributed by atoms with Crippen molar-refractivity contribution >= 4 is 29.6 Å². The Bertz CT molecular complexity index is 670. The van der Waals surface area contributed by atoms with Gasteiger partial charge in [0.05, 0.1) is 6.04 Å². The van der Waals surface area contributed by atoms with Gasteiger partial charge in [0, 0.05) is 13.0 Å². The fourth-order valence-electron chi connectivity index (χ4n) is 3.20. The summed E-state index contributed by atoms with van der Waals surface area (Å²) >= 11 is 0. The van der Waals surface area contributed by atoms with Crippen molar-refractivity contribution in [2.75, 3.05) is 6.54 Å². The van der Waals surface area contributed by atoms with E-state index in [0.29, 0.717) is 19.3 Å². The van der Waals surface area contributed by atoms with Crippen LogP contribution >= 0.6 is 0 Å². The number of rotatable bonds is 11. The average molecular weight is 428 g/mol. The second-order valence-corrected chi connectivity index (χ2v) is 7.74. The van der Waals surface area contributed by atoms with E-state index < -0.39 is 53.8 Å². The molecule has 1 heterocycles. The highest BCUT2D eigenvalue weighted by atomic mass is 16.4. The molecule has 0 bridgehead atoms. The number of hydrogen-bond acceptors (Lipinski definition) is 6.